The van der Waals surface area contributed by atoms with Gasteiger partial charge in [0.1, 0.15) is 0 Å². The van der Waals surface area contributed by atoms with Crippen LogP contribution in [0.5, 0.6) is 0 Å². The quantitative estimate of drug-likeness (QED) is 0.528. The largest absolute Gasteiger partial charge is 0.289 e. The molecule has 1 nitrogen and oxygen atoms in total. The highest BCUT2D eigenvalue weighted by atomic mass is 16.1. The van der Waals surface area contributed by atoms with E-state index in [-0.39, 0.29) is 11.2 Å². The van der Waals surface area contributed by atoms with Gasteiger partial charge in [0.25, 0.3) is 0 Å². The second kappa shape index (κ2) is 4.01. The number of hydrogen-bond acceptors (Lipinski definition) is 1. The topological polar surface area (TPSA) is 17.1 Å². The molecule has 1 heteroatoms. The van der Waals surface area contributed by atoms with Crippen molar-refractivity contribution < 1.29 is 4.79 Å². The number of ketones is 1. The van der Waals surface area contributed by atoms with Crippen molar-refractivity contribution in [2.45, 2.75) is 33.1 Å². The van der Waals surface area contributed by atoms with Crippen molar-refractivity contribution in [1.29, 1.82) is 0 Å². The van der Waals surface area contributed by atoms with Gasteiger partial charge in [0.15, 0.2) is 5.78 Å². The zero-order chi connectivity index (χ0) is 11.6. The predicted octanol–water partition coefficient (Wildman–Crippen LogP) is 3.66. The number of aryl methyl sites for hydroxylation is 1. The Kier molecular flexibility index (Phi) is 3.13. The normalized spacial score (nSPS) is 11.2. The Labute approximate surface area is 91.8 Å². The molecule has 1 aromatic rings. The molecule has 0 spiro atoms. The lowest BCUT2D eigenvalue weighted by Gasteiger charge is -2.20. The molecule has 0 aliphatic rings. The fourth-order valence-electron chi connectivity index (χ4n) is 1.52. The van der Waals surface area contributed by atoms with Gasteiger partial charge in [-0.3, -0.25) is 4.79 Å². The van der Waals surface area contributed by atoms with Crippen LogP contribution in [0.15, 0.2) is 30.9 Å². The zero-order valence-electron chi connectivity index (χ0n) is 9.92. The molecule has 1 aromatic carbocycles. The van der Waals surface area contributed by atoms with E-state index in [1.165, 1.54) is 11.6 Å². The minimum absolute atomic E-state index is 0.00652. The van der Waals surface area contributed by atoms with Crippen molar-refractivity contribution in [2.75, 3.05) is 0 Å². The van der Waals surface area contributed by atoms with Crippen LogP contribution in [0, 0.1) is 6.92 Å². The van der Waals surface area contributed by atoms with Crippen LogP contribution in [0.4, 0.5) is 0 Å². The van der Waals surface area contributed by atoms with E-state index in [9.17, 15) is 4.79 Å². The maximum atomic E-state index is 11.5. The Balaban J connectivity index is 3.20. The summed E-state index contributed by atoms with van der Waals surface area (Å²) >= 11 is 0. The van der Waals surface area contributed by atoms with Crippen molar-refractivity contribution >= 4 is 5.78 Å². The van der Waals surface area contributed by atoms with Gasteiger partial charge in [-0.05, 0) is 29.5 Å². The maximum Gasteiger partial charge on any atom is 0.185 e. The lowest BCUT2D eigenvalue weighted by Crippen LogP contribution is -2.12. The van der Waals surface area contributed by atoms with E-state index in [1.54, 1.807) is 0 Å². The highest BCUT2D eigenvalue weighted by molar-refractivity contribution is 6.05. The third-order valence-corrected chi connectivity index (χ3v) is 2.54. The molecule has 15 heavy (non-hydrogen) atoms. The molecule has 0 radical (unpaired) electrons. The smallest absolute Gasteiger partial charge is 0.185 e. The molecule has 0 aromatic heterocycles. The van der Waals surface area contributed by atoms with Crippen LogP contribution in [0.3, 0.4) is 0 Å². The van der Waals surface area contributed by atoms with Gasteiger partial charge in [0.2, 0.25) is 0 Å². The van der Waals surface area contributed by atoms with Gasteiger partial charge in [-0.25, -0.2) is 0 Å². The lowest BCUT2D eigenvalue weighted by atomic mass is 9.85. The average molecular weight is 202 g/mol. The van der Waals surface area contributed by atoms with E-state index < -0.39 is 0 Å². The molecule has 0 aliphatic heterocycles. The maximum absolute atomic E-state index is 11.5. The van der Waals surface area contributed by atoms with Gasteiger partial charge >= 0.3 is 0 Å². The number of hydrogen-bond donors (Lipinski definition) is 0. The Morgan fingerprint density at radius 3 is 2.33 bits per heavy atom. The van der Waals surface area contributed by atoms with E-state index in [4.69, 9.17) is 0 Å². The second-order valence-electron chi connectivity index (χ2n) is 4.85. The SMILES string of the molecule is C=CC(=O)c1ccc(C(C)(C)C)cc1C. The van der Waals surface area contributed by atoms with Gasteiger partial charge in [-0.15, -0.1) is 0 Å². The van der Waals surface area contributed by atoms with Crippen LogP contribution in [0.1, 0.15) is 42.3 Å². The van der Waals surface area contributed by atoms with Gasteiger partial charge in [0, 0.05) is 5.56 Å². The summed E-state index contributed by atoms with van der Waals surface area (Å²) in [6.07, 6.45) is 1.36. The summed E-state index contributed by atoms with van der Waals surface area (Å²) in [6, 6.07) is 5.99. The first-order chi connectivity index (χ1) is 6.86. The van der Waals surface area contributed by atoms with Crippen molar-refractivity contribution in [3.63, 3.8) is 0 Å². The summed E-state index contributed by atoms with van der Waals surface area (Å²) in [4.78, 5) is 11.5. The number of benzene rings is 1. The van der Waals surface area contributed by atoms with Crippen molar-refractivity contribution in [3.8, 4) is 0 Å². The van der Waals surface area contributed by atoms with Crippen molar-refractivity contribution in [1.82, 2.24) is 0 Å². The Morgan fingerprint density at radius 2 is 1.93 bits per heavy atom. The average Bonchev–Trinajstić information content (AvgIpc) is 2.15. The Bertz CT molecular complexity index is 394. The first kappa shape index (κ1) is 11.7. The molecule has 0 unspecified atom stereocenters. The first-order valence-electron chi connectivity index (χ1n) is 5.14. The van der Waals surface area contributed by atoms with Gasteiger partial charge in [-0.2, -0.15) is 0 Å². The van der Waals surface area contributed by atoms with Crippen molar-refractivity contribution in [2.24, 2.45) is 0 Å². The van der Waals surface area contributed by atoms with Gasteiger partial charge in [-0.1, -0.05) is 45.5 Å². The van der Waals surface area contributed by atoms with Gasteiger partial charge in [0.05, 0.1) is 0 Å². The third-order valence-electron chi connectivity index (χ3n) is 2.54. The Morgan fingerprint density at radius 1 is 1.33 bits per heavy atom. The monoisotopic (exact) mass is 202 g/mol. The highest BCUT2D eigenvalue weighted by Crippen LogP contribution is 2.24. The molecular formula is C14H18O. The second-order valence-corrected chi connectivity index (χ2v) is 4.85. The molecule has 0 heterocycles. The van der Waals surface area contributed by atoms with Crippen LogP contribution >= 0.6 is 0 Å². The van der Waals surface area contributed by atoms with E-state index in [0.717, 1.165) is 11.1 Å². The summed E-state index contributed by atoms with van der Waals surface area (Å²) in [5.41, 5.74) is 3.14. The predicted molar refractivity (Wildman–Crippen MR) is 64.4 cm³/mol. The molecule has 0 amide bonds. The minimum atomic E-state index is -0.00652. The molecule has 0 fully saturated rings. The summed E-state index contributed by atoms with van der Waals surface area (Å²) < 4.78 is 0. The third kappa shape index (κ3) is 2.56. The molecular weight excluding hydrogens is 184 g/mol. The van der Waals surface area contributed by atoms with Crippen molar-refractivity contribution in [3.05, 3.63) is 47.5 Å². The summed E-state index contributed by atoms with van der Waals surface area (Å²) in [7, 11) is 0. The molecule has 0 saturated carbocycles. The molecule has 0 aliphatic carbocycles. The molecule has 0 bridgehead atoms. The molecule has 0 saturated heterocycles. The lowest BCUT2D eigenvalue weighted by molar-refractivity contribution is 0.104. The summed E-state index contributed by atoms with van der Waals surface area (Å²) in [5.74, 6) is -0.00652. The zero-order valence-corrected chi connectivity index (χ0v) is 9.92. The van der Waals surface area contributed by atoms with E-state index in [2.05, 4.69) is 33.4 Å². The van der Waals surface area contributed by atoms with E-state index in [0.29, 0.717) is 0 Å². The van der Waals surface area contributed by atoms with Crippen LogP contribution in [-0.4, -0.2) is 5.78 Å². The number of carbonyl (C=O) groups excluding carboxylic acids is 1. The number of rotatable bonds is 2. The van der Waals surface area contributed by atoms with E-state index >= 15 is 0 Å². The highest BCUT2D eigenvalue weighted by Gasteiger charge is 2.15. The standard InChI is InChI=1S/C14H18O/c1-6-13(15)12-8-7-11(9-10(12)2)14(3,4)5/h6-9H,1H2,2-5H3. The first-order valence-corrected chi connectivity index (χ1v) is 5.14. The minimum Gasteiger partial charge on any atom is -0.289 e. The fraction of sp³-hybridized carbons (Fsp3) is 0.357. The molecule has 1 rings (SSSR count). The summed E-state index contributed by atoms with van der Waals surface area (Å²) in [5, 5.41) is 0. The van der Waals surface area contributed by atoms with Crippen LogP contribution in [0.2, 0.25) is 0 Å². The number of carbonyl (C=O) groups is 1. The van der Waals surface area contributed by atoms with Crippen LogP contribution in [-0.2, 0) is 5.41 Å². The number of allylic oxidation sites excluding steroid dienone is 1. The van der Waals surface area contributed by atoms with E-state index in [1.807, 2.05) is 19.1 Å². The van der Waals surface area contributed by atoms with Gasteiger partial charge < -0.3 is 0 Å². The Hall–Kier alpha value is -1.37. The molecule has 80 valence electrons. The summed E-state index contributed by atoms with van der Waals surface area (Å²) in [6.45, 7) is 12.0. The fourth-order valence-corrected chi connectivity index (χ4v) is 1.52. The van der Waals surface area contributed by atoms with Crippen LogP contribution < -0.4 is 0 Å². The molecule has 0 atom stereocenters. The molecule has 0 N–H and O–H groups in total. The van der Waals surface area contributed by atoms with Crippen LogP contribution in [0.25, 0.3) is 0 Å².